The molecule has 1 aromatic carbocycles. The number of hydrogen-bond acceptors (Lipinski definition) is 5. The molecule has 1 N–H and O–H groups in total. The minimum absolute atomic E-state index is 0.00733. The van der Waals surface area contributed by atoms with Crippen LogP contribution in [-0.2, 0) is 14.3 Å². The number of esters is 1. The normalized spacial score (nSPS) is 41.4. The van der Waals surface area contributed by atoms with Crippen LogP contribution in [0.15, 0.2) is 35.4 Å². The number of benzene rings is 1. The Morgan fingerprint density at radius 1 is 0.800 bits per heavy atom. The molecule has 1 aromatic rings. The molecule has 0 spiro atoms. The van der Waals surface area contributed by atoms with Crippen molar-refractivity contribution in [1.82, 2.24) is 0 Å². The van der Waals surface area contributed by atoms with Crippen LogP contribution in [0.5, 0.6) is 0 Å². The second-order valence-electron chi connectivity index (χ2n) is 19.7. The second kappa shape index (κ2) is 12.0. The smallest absolute Gasteiger partial charge is 0.339 e. The highest BCUT2D eigenvalue weighted by atomic mass is 16.5. The summed E-state index contributed by atoms with van der Waals surface area (Å²) in [6.07, 6.45) is 14.4. The van der Waals surface area contributed by atoms with Crippen LogP contribution >= 0.6 is 0 Å². The van der Waals surface area contributed by atoms with Crippen molar-refractivity contribution in [3.05, 3.63) is 46.5 Å². The molecular weight excluding hydrogens is 624 g/mol. The highest BCUT2D eigenvalue weighted by Gasteiger charge is 2.68. The third-order valence-corrected chi connectivity index (χ3v) is 16.6. The van der Waals surface area contributed by atoms with Crippen molar-refractivity contribution in [2.75, 3.05) is 7.11 Å². The maximum atomic E-state index is 14.5. The number of ketones is 1. The number of aromatic carboxylic acids is 1. The van der Waals surface area contributed by atoms with E-state index in [-0.39, 0.29) is 49.7 Å². The molecule has 274 valence electrons. The summed E-state index contributed by atoms with van der Waals surface area (Å²) in [4.78, 5) is 39.9. The molecule has 5 saturated carbocycles. The van der Waals surface area contributed by atoms with E-state index in [2.05, 4.69) is 48.5 Å². The van der Waals surface area contributed by atoms with Gasteiger partial charge in [-0.15, -0.1) is 0 Å². The number of Topliss-reactive ketones (excluding diaryl/α,β-unsaturated/α-hetero) is 1. The zero-order valence-electron chi connectivity index (χ0n) is 32.1. The zero-order valence-corrected chi connectivity index (χ0v) is 32.1. The summed E-state index contributed by atoms with van der Waals surface area (Å²) in [5, 5.41) is 9.71. The van der Waals surface area contributed by atoms with Crippen LogP contribution in [0.3, 0.4) is 0 Å². The number of methoxy groups -OCH3 is 1. The summed E-state index contributed by atoms with van der Waals surface area (Å²) < 4.78 is 11.8. The number of fused-ring (bicyclic) bond motifs is 6. The number of carbonyl (C=O) groups excluding carboxylic acids is 2. The lowest BCUT2D eigenvalue weighted by atomic mass is 9.34. The van der Waals surface area contributed by atoms with Crippen molar-refractivity contribution >= 4 is 17.7 Å². The van der Waals surface area contributed by atoms with Crippen molar-refractivity contribution in [3.8, 4) is 0 Å². The largest absolute Gasteiger partial charge is 0.478 e. The van der Waals surface area contributed by atoms with Crippen molar-refractivity contribution in [2.45, 2.75) is 151 Å². The van der Waals surface area contributed by atoms with Gasteiger partial charge in [0.05, 0.1) is 22.6 Å². The first-order chi connectivity index (χ1) is 23.4. The summed E-state index contributed by atoms with van der Waals surface area (Å²) in [5.41, 5.74) is 3.36. The van der Waals surface area contributed by atoms with E-state index in [9.17, 15) is 19.5 Å². The van der Waals surface area contributed by atoms with Gasteiger partial charge in [0.2, 0.25) is 0 Å². The number of carboxylic acids is 1. The summed E-state index contributed by atoms with van der Waals surface area (Å²) in [5.74, 6) is 0.304. The van der Waals surface area contributed by atoms with Crippen LogP contribution in [0.4, 0.5) is 0 Å². The quantitative estimate of drug-likeness (QED) is 0.227. The lowest BCUT2D eigenvalue weighted by Crippen LogP contribution is -2.64. The molecule has 6 aliphatic rings. The summed E-state index contributed by atoms with van der Waals surface area (Å²) in [6, 6.07) is 6.39. The average Bonchev–Trinajstić information content (AvgIpc) is 3.03. The predicted molar refractivity (Wildman–Crippen MR) is 195 cm³/mol. The van der Waals surface area contributed by atoms with E-state index in [1.165, 1.54) is 6.07 Å². The van der Waals surface area contributed by atoms with Crippen molar-refractivity contribution in [1.29, 1.82) is 0 Å². The summed E-state index contributed by atoms with van der Waals surface area (Å²) >= 11 is 0. The van der Waals surface area contributed by atoms with Crippen LogP contribution in [0.2, 0.25) is 0 Å². The Morgan fingerprint density at radius 2 is 1.48 bits per heavy atom. The van der Waals surface area contributed by atoms with Gasteiger partial charge in [0.25, 0.3) is 0 Å². The Hall–Kier alpha value is -2.47. The number of rotatable bonds is 7. The zero-order chi connectivity index (χ0) is 36.1. The van der Waals surface area contributed by atoms with E-state index < -0.39 is 11.9 Å². The van der Waals surface area contributed by atoms with Crippen molar-refractivity contribution < 1.29 is 29.0 Å². The number of ether oxygens (including phenoxy) is 2. The molecule has 0 bridgehead atoms. The molecule has 6 nitrogen and oxygen atoms in total. The number of carbonyl (C=O) groups is 3. The first-order valence-electron chi connectivity index (χ1n) is 19.7. The standard InChI is InChI=1S/C44H62O6/c1-39(2)19-21-44(35(45)25-27-23-28(24-27)49-8)22-20-42(6)31(32(44)26-39)13-14-34-41(5)17-16-36(40(3,4)33(41)15-18-43(34,42)7)50-38(48)30-12-10-9-11-29(30)37(46)47/h9-12,27-28,33-34,36H,13-26H2,1-8H3,(H,46,47)/t27?,28?,33-,34?,36-,41-,42+,43+,44-/m0/s1. The predicted octanol–water partition coefficient (Wildman–Crippen LogP) is 10.2. The van der Waals surface area contributed by atoms with Gasteiger partial charge >= 0.3 is 11.9 Å². The number of carboxylic acid groups (broad SMARTS) is 1. The molecule has 0 heterocycles. The van der Waals surface area contributed by atoms with Gasteiger partial charge in [-0.1, -0.05) is 71.7 Å². The van der Waals surface area contributed by atoms with E-state index >= 15 is 0 Å². The van der Waals surface area contributed by atoms with Crippen LogP contribution in [-0.4, -0.2) is 42.1 Å². The number of allylic oxidation sites excluding steroid dienone is 2. The molecule has 5 fully saturated rings. The molecular formula is C44H62O6. The fourth-order valence-electron chi connectivity index (χ4n) is 13.4. The molecule has 0 aliphatic heterocycles. The third-order valence-electron chi connectivity index (χ3n) is 16.6. The molecule has 50 heavy (non-hydrogen) atoms. The van der Waals surface area contributed by atoms with Gasteiger partial charge in [-0.25, -0.2) is 9.59 Å². The van der Waals surface area contributed by atoms with E-state index in [1.54, 1.807) is 36.5 Å². The summed E-state index contributed by atoms with van der Waals surface area (Å²) in [7, 11) is 1.80. The second-order valence-corrected chi connectivity index (χ2v) is 19.7. The fraction of sp³-hybridized carbons (Fsp3) is 0.750. The van der Waals surface area contributed by atoms with Crippen LogP contribution in [0, 0.1) is 50.2 Å². The summed E-state index contributed by atoms with van der Waals surface area (Å²) in [6.45, 7) is 17.2. The molecule has 0 saturated heterocycles. The van der Waals surface area contributed by atoms with Gasteiger partial charge in [0.15, 0.2) is 0 Å². The molecule has 1 unspecified atom stereocenters. The lowest BCUT2D eigenvalue weighted by molar-refractivity contribution is -0.205. The maximum Gasteiger partial charge on any atom is 0.339 e. The van der Waals surface area contributed by atoms with Gasteiger partial charge in [0.1, 0.15) is 11.9 Å². The fourth-order valence-corrected chi connectivity index (χ4v) is 13.4. The van der Waals surface area contributed by atoms with Gasteiger partial charge < -0.3 is 14.6 Å². The van der Waals surface area contributed by atoms with Gasteiger partial charge in [-0.05, 0) is 135 Å². The minimum Gasteiger partial charge on any atom is -0.478 e. The van der Waals surface area contributed by atoms with Crippen molar-refractivity contribution in [2.24, 2.45) is 50.2 Å². The molecule has 7 rings (SSSR count). The molecule has 7 atom stereocenters. The Balaban J connectivity index is 1.17. The van der Waals surface area contributed by atoms with Gasteiger partial charge in [-0.3, -0.25) is 4.79 Å². The SMILES string of the molecule is COC1CC(CC(=O)[C@]23CCC(C)(C)CC2=C2CCC4[C@@]5(C)CC[C@H](OC(=O)c6ccccc6C(=O)O)C(C)(C)[C@@H]5CC[C@@]4(C)[C@]2(C)CC3)C1. The van der Waals surface area contributed by atoms with Crippen LogP contribution in [0.25, 0.3) is 0 Å². The highest BCUT2D eigenvalue weighted by molar-refractivity contribution is 6.02. The van der Waals surface area contributed by atoms with E-state index in [1.807, 2.05) is 0 Å². The Bertz CT molecular complexity index is 1600. The topological polar surface area (TPSA) is 89.9 Å². The van der Waals surface area contributed by atoms with Crippen LogP contribution < -0.4 is 0 Å². The van der Waals surface area contributed by atoms with Gasteiger partial charge in [0, 0.05) is 18.9 Å². The Labute approximate surface area is 300 Å². The monoisotopic (exact) mass is 686 g/mol. The third kappa shape index (κ3) is 5.22. The van der Waals surface area contributed by atoms with E-state index in [0.717, 1.165) is 89.9 Å². The first-order valence-corrected chi connectivity index (χ1v) is 19.7. The van der Waals surface area contributed by atoms with Gasteiger partial charge in [-0.2, -0.15) is 0 Å². The Kier molecular flexibility index (Phi) is 8.64. The lowest BCUT2D eigenvalue weighted by Gasteiger charge is -2.71. The molecule has 0 amide bonds. The molecule has 0 aromatic heterocycles. The Morgan fingerprint density at radius 3 is 2.16 bits per heavy atom. The average molecular weight is 687 g/mol. The number of hydrogen-bond donors (Lipinski definition) is 1. The van der Waals surface area contributed by atoms with Crippen molar-refractivity contribution in [3.63, 3.8) is 0 Å². The first kappa shape index (κ1) is 35.9. The molecule has 6 aliphatic carbocycles. The van der Waals surface area contributed by atoms with E-state index in [0.29, 0.717) is 29.6 Å². The molecule has 6 heteroatoms. The maximum absolute atomic E-state index is 14.5. The van der Waals surface area contributed by atoms with Crippen LogP contribution in [0.1, 0.15) is 159 Å². The minimum atomic E-state index is -1.11. The van der Waals surface area contributed by atoms with E-state index in [4.69, 9.17) is 9.47 Å². The molecule has 0 radical (unpaired) electrons. The highest BCUT2D eigenvalue weighted by Crippen LogP contribution is 2.76.